The van der Waals surface area contributed by atoms with Crippen LogP contribution in [0.25, 0.3) is 0 Å². The van der Waals surface area contributed by atoms with Gasteiger partial charge in [0.2, 0.25) is 0 Å². The van der Waals surface area contributed by atoms with Gasteiger partial charge >= 0.3 is 0 Å². The van der Waals surface area contributed by atoms with E-state index >= 15 is 0 Å². The number of likely N-dealkylation sites (N-methyl/N-ethyl adjacent to an activating group) is 1. The van der Waals surface area contributed by atoms with Gasteiger partial charge in [-0.05, 0) is 68.8 Å². The van der Waals surface area contributed by atoms with Crippen molar-refractivity contribution in [3.63, 3.8) is 0 Å². The Balaban J connectivity index is 1.90. The third-order valence-electron chi connectivity index (χ3n) is 6.36. The molecular weight excluding hydrogens is 262 g/mol. The molecule has 3 heteroatoms. The van der Waals surface area contributed by atoms with E-state index in [4.69, 9.17) is 4.74 Å². The smallest absolute Gasteiger partial charge is 0.122 e. The van der Waals surface area contributed by atoms with Crippen LogP contribution in [0.1, 0.15) is 36.8 Å². The van der Waals surface area contributed by atoms with Crippen molar-refractivity contribution in [2.24, 2.45) is 5.92 Å². The predicted octanol–water partition coefficient (Wildman–Crippen LogP) is 2.35. The fourth-order valence-corrected chi connectivity index (χ4v) is 5.40. The zero-order valence-corrected chi connectivity index (χ0v) is 13.0. The van der Waals surface area contributed by atoms with Crippen LogP contribution in [-0.2, 0) is 11.8 Å². The summed E-state index contributed by atoms with van der Waals surface area (Å²) in [6.07, 6.45) is 5.19. The van der Waals surface area contributed by atoms with Gasteiger partial charge in [0, 0.05) is 11.5 Å². The largest absolute Gasteiger partial charge is 0.496 e. The van der Waals surface area contributed by atoms with Gasteiger partial charge in [-0.3, -0.25) is 0 Å². The molecule has 4 atom stereocenters. The molecule has 1 saturated heterocycles. The Morgan fingerprint density at radius 3 is 3.00 bits per heavy atom. The number of hydrogen-bond donors (Lipinski definition) is 1. The highest BCUT2D eigenvalue weighted by atomic mass is 16.5. The van der Waals surface area contributed by atoms with Crippen molar-refractivity contribution in [1.29, 1.82) is 0 Å². The second-order valence-electron chi connectivity index (χ2n) is 7.19. The number of hydrogen-bond acceptors (Lipinski definition) is 3. The van der Waals surface area contributed by atoms with Gasteiger partial charge in [-0.25, -0.2) is 0 Å². The Hall–Kier alpha value is -1.06. The molecule has 3 aliphatic rings. The lowest BCUT2D eigenvalue weighted by atomic mass is 9.52. The second-order valence-corrected chi connectivity index (χ2v) is 7.19. The highest BCUT2D eigenvalue weighted by Crippen LogP contribution is 2.56. The van der Waals surface area contributed by atoms with E-state index in [2.05, 4.69) is 30.1 Å². The lowest BCUT2D eigenvalue weighted by molar-refractivity contribution is -0.0396. The first kappa shape index (κ1) is 13.6. The van der Waals surface area contributed by atoms with Crippen LogP contribution < -0.4 is 4.74 Å². The minimum Gasteiger partial charge on any atom is -0.496 e. The summed E-state index contributed by atoms with van der Waals surface area (Å²) in [5.41, 5.74) is 3.04. The van der Waals surface area contributed by atoms with Crippen LogP contribution in [0.4, 0.5) is 0 Å². The Morgan fingerprint density at radius 2 is 2.19 bits per heavy atom. The highest BCUT2D eigenvalue weighted by molar-refractivity contribution is 5.49. The maximum atomic E-state index is 10.3. The van der Waals surface area contributed by atoms with Crippen molar-refractivity contribution in [3.05, 3.63) is 29.3 Å². The molecule has 1 aromatic rings. The maximum Gasteiger partial charge on any atom is 0.122 e. The standard InChI is InChI=1S/C18H25NO2/c1-19-9-8-18-11-12(20)6-7-15(18)16(19)10-13-14(18)4-3-5-17(13)21-2/h3-5,12,15-16,20H,6-11H2,1-2H3/t12-,15-,16+,18+/m0/s1. The van der Waals surface area contributed by atoms with Crippen LogP contribution in [0.3, 0.4) is 0 Å². The first-order chi connectivity index (χ1) is 10.2. The van der Waals surface area contributed by atoms with Gasteiger partial charge < -0.3 is 14.7 Å². The zero-order valence-electron chi connectivity index (χ0n) is 13.0. The fourth-order valence-electron chi connectivity index (χ4n) is 5.40. The normalized spacial score (nSPS) is 38.5. The molecule has 1 aromatic carbocycles. The molecule has 2 bridgehead atoms. The van der Waals surface area contributed by atoms with Gasteiger partial charge in [0.05, 0.1) is 13.2 Å². The van der Waals surface area contributed by atoms with E-state index < -0.39 is 0 Å². The Morgan fingerprint density at radius 1 is 1.33 bits per heavy atom. The number of nitrogens with zero attached hydrogens (tertiary/aromatic N) is 1. The Labute approximate surface area is 126 Å². The molecule has 0 unspecified atom stereocenters. The lowest BCUT2D eigenvalue weighted by Gasteiger charge is -2.59. The van der Waals surface area contributed by atoms with Crippen molar-refractivity contribution < 1.29 is 9.84 Å². The van der Waals surface area contributed by atoms with E-state index in [0.717, 1.165) is 38.0 Å². The minimum atomic E-state index is -0.137. The number of fused-ring (bicyclic) bond motifs is 1. The highest BCUT2D eigenvalue weighted by Gasteiger charge is 2.55. The summed E-state index contributed by atoms with van der Waals surface area (Å²) in [7, 11) is 4.04. The molecule has 1 aliphatic heterocycles. The van der Waals surface area contributed by atoms with Crippen LogP contribution in [0.5, 0.6) is 5.75 Å². The number of methoxy groups -OCH3 is 1. The number of aliphatic hydroxyl groups excluding tert-OH is 1. The van der Waals surface area contributed by atoms with Gasteiger partial charge in [-0.1, -0.05) is 12.1 Å². The number of aliphatic hydroxyl groups is 1. The van der Waals surface area contributed by atoms with Crippen molar-refractivity contribution in [2.75, 3.05) is 20.7 Å². The van der Waals surface area contributed by atoms with Crippen LogP contribution in [0, 0.1) is 5.92 Å². The molecule has 1 saturated carbocycles. The monoisotopic (exact) mass is 287 g/mol. The topological polar surface area (TPSA) is 32.7 Å². The van der Waals surface area contributed by atoms with Crippen LogP contribution in [-0.4, -0.2) is 42.9 Å². The second kappa shape index (κ2) is 4.72. The SMILES string of the molecule is COc1cccc2c1C[C@@H]1[C@@H]3CC[C@H](O)C[C@]23CCN1C. The van der Waals surface area contributed by atoms with Crippen molar-refractivity contribution in [3.8, 4) is 5.75 Å². The van der Waals surface area contributed by atoms with E-state index in [0.29, 0.717) is 12.0 Å². The molecule has 1 heterocycles. The Kier molecular flexibility index (Phi) is 3.05. The molecule has 2 aliphatic carbocycles. The molecule has 3 nitrogen and oxygen atoms in total. The van der Waals surface area contributed by atoms with Crippen LogP contribution in [0.15, 0.2) is 18.2 Å². The van der Waals surface area contributed by atoms with Crippen LogP contribution >= 0.6 is 0 Å². The minimum absolute atomic E-state index is 0.137. The van der Waals surface area contributed by atoms with Crippen molar-refractivity contribution in [1.82, 2.24) is 4.90 Å². The lowest BCUT2D eigenvalue weighted by Crippen LogP contribution is -2.61. The molecular formula is C18H25NO2. The summed E-state index contributed by atoms with van der Waals surface area (Å²) >= 11 is 0. The van der Waals surface area contributed by atoms with Gasteiger partial charge in [-0.15, -0.1) is 0 Å². The average molecular weight is 287 g/mol. The summed E-state index contributed by atoms with van der Waals surface area (Å²) in [5.74, 6) is 1.73. The molecule has 114 valence electrons. The molecule has 0 amide bonds. The first-order valence-corrected chi connectivity index (χ1v) is 8.20. The predicted molar refractivity (Wildman–Crippen MR) is 82.8 cm³/mol. The zero-order chi connectivity index (χ0) is 14.6. The number of piperidine rings is 1. The Bertz CT molecular complexity index is 558. The van der Waals surface area contributed by atoms with E-state index in [9.17, 15) is 5.11 Å². The number of rotatable bonds is 1. The molecule has 0 aromatic heterocycles. The van der Waals surface area contributed by atoms with Gasteiger partial charge in [-0.2, -0.15) is 0 Å². The summed E-state index contributed by atoms with van der Waals surface area (Å²) in [4.78, 5) is 2.54. The summed E-state index contributed by atoms with van der Waals surface area (Å²) in [5, 5.41) is 10.3. The molecule has 21 heavy (non-hydrogen) atoms. The number of likely N-dealkylation sites (tertiary alicyclic amines) is 1. The number of ether oxygens (including phenoxy) is 1. The van der Waals surface area contributed by atoms with Crippen molar-refractivity contribution >= 4 is 0 Å². The third kappa shape index (κ3) is 1.80. The van der Waals surface area contributed by atoms with E-state index in [1.165, 1.54) is 17.5 Å². The molecule has 2 fully saturated rings. The van der Waals surface area contributed by atoms with E-state index in [1.54, 1.807) is 7.11 Å². The van der Waals surface area contributed by atoms with Gasteiger partial charge in [0.15, 0.2) is 0 Å². The molecule has 0 spiro atoms. The third-order valence-corrected chi connectivity index (χ3v) is 6.36. The summed E-state index contributed by atoms with van der Waals surface area (Å²) in [6.45, 7) is 1.14. The first-order valence-electron chi connectivity index (χ1n) is 8.20. The summed E-state index contributed by atoms with van der Waals surface area (Å²) < 4.78 is 5.64. The van der Waals surface area contributed by atoms with E-state index in [-0.39, 0.29) is 11.5 Å². The molecule has 1 N–H and O–H groups in total. The quantitative estimate of drug-likeness (QED) is 0.860. The van der Waals surface area contributed by atoms with Gasteiger partial charge in [0.25, 0.3) is 0 Å². The number of benzene rings is 1. The average Bonchev–Trinajstić information content (AvgIpc) is 2.50. The molecule has 0 radical (unpaired) electrons. The van der Waals surface area contributed by atoms with Crippen molar-refractivity contribution in [2.45, 2.75) is 49.7 Å². The van der Waals surface area contributed by atoms with Gasteiger partial charge in [0.1, 0.15) is 5.75 Å². The maximum absolute atomic E-state index is 10.3. The molecule has 4 rings (SSSR count). The fraction of sp³-hybridized carbons (Fsp3) is 0.667. The summed E-state index contributed by atoms with van der Waals surface area (Å²) in [6, 6.07) is 7.12. The van der Waals surface area contributed by atoms with E-state index in [1.807, 2.05) is 0 Å². The van der Waals surface area contributed by atoms with Crippen LogP contribution in [0.2, 0.25) is 0 Å².